The number of aryl methyl sites for hydroxylation is 1. The van der Waals surface area contributed by atoms with E-state index in [2.05, 4.69) is 42.6 Å². The summed E-state index contributed by atoms with van der Waals surface area (Å²) in [5, 5.41) is 4.47. The third-order valence-corrected chi connectivity index (χ3v) is 4.55. The molecule has 1 heterocycles. The minimum absolute atomic E-state index is 0.623. The van der Waals surface area contributed by atoms with E-state index < -0.39 is 0 Å². The maximum absolute atomic E-state index is 5.45. The molecule has 0 aliphatic heterocycles. The van der Waals surface area contributed by atoms with E-state index in [1.165, 1.54) is 5.56 Å². The average Bonchev–Trinajstić information content (AvgIpc) is 2.72. The molecule has 0 amide bonds. The van der Waals surface area contributed by atoms with Crippen molar-refractivity contribution < 1.29 is 4.74 Å². The molecule has 4 heteroatoms. The molecule has 0 unspecified atom stereocenters. The molecule has 4 rings (SSSR count). The lowest BCUT2D eigenvalue weighted by atomic mass is 10.1. The van der Waals surface area contributed by atoms with Crippen molar-refractivity contribution in [2.45, 2.75) is 13.5 Å². The smallest absolute Gasteiger partial charge is 0.162 e. The van der Waals surface area contributed by atoms with Crippen LogP contribution in [0.4, 0.5) is 5.82 Å². The Morgan fingerprint density at radius 2 is 1.59 bits per heavy atom. The van der Waals surface area contributed by atoms with Gasteiger partial charge in [-0.15, -0.1) is 0 Å². The van der Waals surface area contributed by atoms with Gasteiger partial charge >= 0.3 is 0 Å². The van der Waals surface area contributed by atoms with Gasteiger partial charge in [0.05, 0.1) is 12.6 Å². The Balaban J connectivity index is 1.73. The van der Waals surface area contributed by atoms with Crippen LogP contribution >= 0.6 is 0 Å². The largest absolute Gasteiger partial charge is 0.496 e. The molecule has 0 aliphatic rings. The van der Waals surface area contributed by atoms with Gasteiger partial charge in [0.1, 0.15) is 11.6 Å². The molecular weight excluding hydrogens is 334 g/mol. The van der Waals surface area contributed by atoms with Gasteiger partial charge in [0.25, 0.3) is 0 Å². The van der Waals surface area contributed by atoms with Crippen LogP contribution in [0.3, 0.4) is 0 Å². The molecule has 1 aromatic heterocycles. The van der Waals surface area contributed by atoms with Crippen LogP contribution in [0.15, 0.2) is 72.8 Å². The van der Waals surface area contributed by atoms with E-state index >= 15 is 0 Å². The van der Waals surface area contributed by atoms with E-state index in [1.54, 1.807) is 7.11 Å². The summed E-state index contributed by atoms with van der Waals surface area (Å²) in [6.45, 7) is 2.70. The van der Waals surface area contributed by atoms with Crippen molar-refractivity contribution in [3.8, 4) is 17.1 Å². The lowest BCUT2D eigenvalue weighted by molar-refractivity contribution is 0.410. The average molecular weight is 355 g/mol. The lowest BCUT2D eigenvalue weighted by Crippen LogP contribution is -2.05. The second-order valence-corrected chi connectivity index (χ2v) is 6.44. The Hall–Kier alpha value is -3.40. The fourth-order valence-corrected chi connectivity index (χ4v) is 3.07. The minimum Gasteiger partial charge on any atom is -0.496 e. The van der Waals surface area contributed by atoms with Gasteiger partial charge in [-0.1, -0.05) is 60.2 Å². The summed E-state index contributed by atoms with van der Waals surface area (Å²) >= 11 is 0. The first-order valence-electron chi connectivity index (χ1n) is 8.94. The normalized spacial score (nSPS) is 10.7. The molecular formula is C23H21N3O. The molecule has 27 heavy (non-hydrogen) atoms. The van der Waals surface area contributed by atoms with Gasteiger partial charge in [0.2, 0.25) is 0 Å². The summed E-state index contributed by atoms with van der Waals surface area (Å²) in [6.07, 6.45) is 0. The van der Waals surface area contributed by atoms with Crippen LogP contribution in [0, 0.1) is 6.92 Å². The van der Waals surface area contributed by atoms with E-state index in [0.717, 1.165) is 39.4 Å². The van der Waals surface area contributed by atoms with Crippen LogP contribution in [-0.4, -0.2) is 17.1 Å². The monoisotopic (exact) mass is 355 g/mol. The van der Waals surface area contributed by atoms with Crippen molar-refractivity contribution >= 4 is 16.7 Å². The number of fused-ring (bicyclic) bond motifs is 1. The fourth-order valence-electron chi connectivity index (χ4n) is 3.07. The Labute approximate surface area is 158 Å². The molecule has 0 aliphatic carbocycles. The number of methoxy groups -OCH3 is 1. The van der Waals surface area contributed by atoms with Crippen molar-refractivity contribution in [3.63, 3.8) is 0 Å². The highest BCUT2D eigenvalue weighted by molar-refractivity contribution is 5.90. The highest BCUT2D eigenvalue weighted by atomic mass is 16.5. The van der Waals surface area contributed by atoms with Crippen molar-refractivity contribution in [2.24, 2.45) is 0 Å². The molecule has 0 radical (unpaired) electrons. The van der Waals surface area contributed by atoms with E-state index in [9.17, 15) is 0 Å². The predicted molar refractivity (Wildman–Crippen MR) is 110 cm³/mol. The van der Waals surface area contributed by atoms with Crippen molar-refractivity contribution in [2.75, 3.05) is 12.4 Å². The molecule has 1 N–H and O–H groups in total. The summed E-state index contributed by atoms with van der Waals surface area (Å²) in [5.74, 6) is 2.40. The van der Waals surface area contributed by atoms with Gasteiger partial charge in [0, 0.05) is 23.1 Å². The Kier molecular flexibility index (Phi) is 4.71. The van der Waals surface area contributed by atoms with E-state index in [-0.39, 0.29) is 0 Å². The van der Waals surface area contributed by atoms with Crippen LogP contribution in [0.1, 0.15) is 11.1 Å². The highest BCUT2D eigenvalue weighted by Crippen LogP contribution is 2.26. The molecule has 0 bridgehead atoms. The van der Waals surface area contributed by atoms with Crippen LogP contribution < -0.4 is 10.1 Å². The van der Waals surface area contributed by atoms with E-state index in [1.807, 2.05) is 42.5 Å². The summed E-state index contributed by atoms with van der Waals surface area (Å²) in [6, 6.07) is 24.3. The number of hydrogen-bond donors (Lipinski definition) is 1. The Morgan fingerprint density at radius 1 is 0.852 bits per heavy atom. The standard InChI is InChI=1S/C23H21N3O/c1-16-11-13-17(14-12-16)22-25-20-9-5-4-8-19(20)23(26-22)24-15-18-7-3-6-10-21(18)27-2/h3-14H,15H2,1-2H3,(H,24,25,26). The minimum atomic E-state index is 0.623. The number of nitrogens with zero attached hydrogens (tertiary/aromatic N) is 2. The van der Waals surface area contributed by atoms with Gasteiger partial charge in [0.15, 0.2) is 5.82 Å². The van der Waals surface area contributed by atoms with E-state index in [4.69, 9.17) is 14.7 Å². The Bertz CT molecular complexity index is 1070. The Morgan fingerprint density at radius 3 is 2.41 bits per heavy atom. The fraction of sp³-hybridized carbons (Fsp3) is 0.130. The summed E-state index contributed by atoms with van der Waals surface area (Å²) in [5.41, 5.74) is 4.23. The summed E-state index contributed by atoms with van der Waals surface area (Å²) in [7, 11) is 1.69. The number of benzene rings is 3. The van der Waals surface area contributed by atoms with Crippen LogP contribution in [0.2, 0.25) is 0 Å². The van der Waals surface area contributed by atoms with Crippen LogP contribution in [0.25, 0.3) is 22.3 Å². The number of hydrogen-bond acceptors (Lipinski definition) is 4. The third-order valence-electron chi connectivity index (χ3n) is 4.55. The zero-order valence-electron chi connectivity index (χ0n) is 15.4. The number of nitrogens with one attached hydrogen (secondary N) is 1. The molecule has 3 aromatic carbocycles. The molecule has 4 nitrogen and oxygen atoms in total. The first kappa shape index (κ1) is 17.0. The summed E-state index contributed by atoms with van der Waals surface area (Å²) in [4.78, 5) is 9.56. The molecule has 134 valence electrons. The summed E-state index contributed by atoms with van der Waals surface area (Å²) < 4.78 is 5.45. The maximum Gasteiger partial charge on any atom is 0.162 e. The van der Waals surface area contributed by atoms with E-state index in [0.29, 0.717) is 6.54 Å². The topological polar surface area (TPSA) is 47.0 Å². The third kappa shape index (κ3) is 3.60. The lowest BCUT2D eigenvalue weighted by Gasteiger charge is -2.13. The first-order valence-corrected chi connectivity index (χ1v) is 8.94. The van der Waals surface area contributed by atoms with Crippen molar-refractivity contribution in [3.05, 3.63) is 83.9 Å². The van der Waals surface area contributed by atoms with Gasteiger partial charge in [-0.05, 0) is 25.1 Å². The number of ether oxygens (including phenoxy) is 1. The molecule has 0 fully saturated rings. The predicted octanol–water partition coefficient (Wildman–Crippen LogP) is 5.23. The number of aromatic nitrogens is 2. The molecule has 4 aromatic rings. The molecule has 0 saturated carbocycles. The van der Waals surface area contributed by atoms with Gasteiger partial charge in [-0.3, -0.25) is 0 Å². The SMILES string of the molecule is COc1ccccc1CNc1nc(-c2ccc(C)cc2)nc2ccccc12. The number of rotatable bonds is 5. The quantitative estimate of drug-likeness (QED) is 0.533. The zero-order chi connectivity index (χ0) is 18.6. The first-order chi connectivity index (χ1) is 13.2. The molecule has 0 spiro atoms. The second-order valence-electron chi connectivity index (χ2n) is 6.44. The maximum atomic E-state index is 5.45. The number of para-hydroxylation sites is 2. The highest BCUT2D eigenvalue weighted by Gasteiger charge is 2.10. The van der Waals surface area contributed by atoms with Crippen LogP contribution in [-0.2, 0) is 6.54 Å². The second kappa shape index (κ2) is 7.46. The number of anilines is 1. The van der Waals surface area contributed by atoms with Gasteiger partial charge in [-0.25, -0.2) is 9.97 Å². The van der Waals surface area contributed by atoms with Gasteiger partial charge in [-0.2, -0.15) is 0 Å². The van der Waals surface area contributed by atoms with Crippen LogP contribution in [0.5, 0.6) is 5.75 Å². The molecule has 0 atom stereocenters. The van der Waals surface area contributed by atoms with Gasteiger partial charge < -0.3 is 10.1 Å². The zero-order valence-corrected chi connectivity index (χ0v) is 15.4. The van der Waals surface area contributed by atoms with Crippen molar-refractivity contribution in [1.82, 2.24) is 9.97 Å². The van der Waals surface area contributed by atoms with Crippen molar-refractivity contribution in [1.29, 1.82) is 0 Å². The molecule has 0 saturated heterocycles.